The summed E-state index contributed by atoms with van der Waals surface area (Å²) in [5.41, 5.74) is 5.25. The van der Waals surface area contributed by atoms with Crippen LogP contribution >= 0.6 is 0 Å². The summed E-state index contributed by atoms with van der Waals surface area (Å²) in [7, 11) is 0. The molecule has 0 unspecified atom stereocenters. The lowest BCUT2D eigenvalue weighted by atomic mass is 10.1. The molecule has 1 aliphatic rings. The molecule has 7 heteroatoms. The highest BCUT2D eigenvalue weighted by Gasteiger charge is 2.34. The molecular formula is C26H22N4O3. The van der Waals surface area contributed by atoms with Gasteiger partial charge >= 0.3 is 0 Å². The van der Waals surface area contributed by atoms with Gasteiger partial charge in [0.25, 0.3) is 11.8 Å². The summed E-state index contributed by atoms with van der Waals surface area (Å²) >= 11 is 0. The van der Waals surface area contributed by atoms with Crippen molar-refractivity contribution in [2.24, 2.45) is 0 Å². The number of hydrogen-bond donors (Lipinski definition) is 1. The molecule has 0 saturated heterocycles. The first-order chi connectivity index (χ1) is 16.0. The number of aromatic nitrogens is 2. The van der Waals surface area contributed by atoms with Crippen LogP contribution in [0.3, 0.4) is 0 Å². The molecule has 0 bridgehead atoms. The number of amides is 3. The Labute approximate surface area is 190 Å². The molecule has 2 aromatic carbocycles. The van der Waals surface area contributed by atoms with Gasteiger partial charge in [-0.2, -0.15) is 0 Å². The monoisotopic (exact) mass is 438 g/mol. The number of benzene rings is 2. The fraction of sp³-hybridized carbons (Fsp3) is 0.154. The Hall–Kier alpha value is -4.26. The third kappa shape index (κ3) is 4.01. The number of hydrogen-bond acceptors (Lipinski definition) is 4. The van der Waals surface area contributed by atoms with Crippen LogP contribution in [0.1, 0.15) is 39.1 Å². The first-order valence-electron chi connectivity index (χ1n) is 10.8. The maximum Gasteiger partial charge on any atom is 0.261 e. The van der Waals surface area contributed by atoms with Crippen molar-refractivity contribution in [1.29, 1.82) is 0 Å². The van der Waals surface area contributed by atoms with Gasteiger partial charge in [-0.1, -0.05) is 24.3 Å². The zero-order valence-electron chi connectivity index (χ0n) is 18.1. The van der Waals surface area contributed by atoms with E-state index in [-0.39, 0.29) is 30.7 Å². The van der Waals surface area contributed by atoms with Gasteiger partial charge in [0, 0.05) is 36.6 Å². The van der Waals surface area contributed by atoms with Gasteiger partial charge in [0.2, 0.25) is 5.91 Å². The normalized spacial score (nSPS) is 12.9. The minimum absolute atomic E-state index is 0.172. The molecule has 0 spiro atoms. The minimum Gasteiger partial charge on any atom is -0.326 e. The minimum atomic E-state index is -0.300. The molecule has 0 aliphatic carbocycles. The maximum atomic E-state index is 12.5. The highest BCUT2D eigenvalue weighted by Crippen LogP contribution is 2.24. The van der Waals surface area contributed by atoms with E-state index < -0.39 is 0 Å². The van der Waals surface area contributed by atoms with Crippen LogP contribution in [0.15, 0.2) is 73.1 Å². The van der Waals surface area contributed by atoms with Crippen molar-refractivity contribution in [2.75, 3.05) is 11.9 Å². The number of carbonyl (C=O) groups is 3. The number of rotatable bonds is 6. The third-order valence-corrected chi connectivity index (χ3v) is 5.72. The Bertz CT molecular complexity index is 1370. The Morgan fingerprint density at radius 3 is 2.48 bits per heavy atom. The number of imide groups is 1. The number of fused-ring (bicyclic) bond motifs is 2. The summed E-state index contributed by atoms with van der Waals surface area (Å²) in [5, 5.41) is 2.90. The van der Waals surface area contributed by atoms with Crippen molar-refractivity contribution < 1.29 is 14.4 Å². The van der Waals surface area contributed by atoms with E-state index in [4.69, 9.17) is 0 Å². The average Bonchev–Trinajstić information content (AvgIpc) is 3.34. The molecule has 0 radical (unpaired) electrons. The van der Waals surface area contributed by atoms with E-state index >= 15 is 0 Å². The van der Waals surface area contributed by atoms with Crippen molar-refractivity contribution in [3.63, 3.8) is 0 Å². The van der Waals surface area contributed by atoms with Crippen molar-refractivity contribution in [1.82, 2.24) is 14.3 Å². The second-order valence-electron chi connectivity index (χ2n) is 8.14. The van der Waals surface area contributed by atoms with E-state index in [2.05, 4.69) is 10.3 Å². The molecule has 1 N–H and O–H groups in total. The molecule has 1 aliphatic heterocycles. The standard InChI is InChI=1S/C26H22N4O3/c1-17-11-13-29-16-22(28-23(29)14-17)18-6-4-7-19(15-18)27-24(31)10-5-12-30-25(32)20-8-2-3-9-21(20)26(30)33/h2-4,6-9,11,13-16H,5,10,12H2,1H3,(H,27,31). The van der Waals surface area contributed by atoms with Crippen LogP contribution in [0.5, 0.6) is 0 Å². The number of nitrogens with one attached hydrogen (secondary N) is 1. The van der Waals surface area contributed by atoms with Crippen LogP contribution in [-0.4, -0.2) is 38.6 Å². The van der Waals surface area contributed by atoms with Crippen LogP contribution in [-0.2, 0) is 4.79 Å². The first-order valence-corrected chi connectivity index (χ1v) is 10.8. The van der Waals surface area contributed by atoms with Gasteiger partial charge in [-0.25, -0.2) is 4.98 Å². The van der Waals surface area contributed by atoms with Gasteiger partial charge in [-0.3, -0.25) is 19.3 Å². The van der Waals surface area contributed by atoms with Crippen molar-refractivity contribution >= 4 is 29.1 Å². The predicted molar refractivity (Wildman–Crippen MR) is 125 cm³/mol. The number of pyridine rings is 1. The van der Waals surface area contributed by atoms with Crippen LogP contribution in [0.25, 0.3) is 16.9 Å². The number of aryl methyl sites for hydroxylation is 1. The van der Waals surface area contributed by atoms with E-state index in [0.717, 1.165) is 22.5 Å². The summed E-state index contributed by atoms with van der Waals surface area (Å²) in [6.45, 7) is 2.24. The zero-order chi connectivity index (χ0) is 22.9. The van der Waals surface area contributed by atoms with Gasteiger partial charge in [0.05, 0.1) is 16.8 Å². The molecule has 3 heterocycles. The highest BCUT2D eigenvalue weighted by molar-refractivity contribution is 6.21. The zero-order valence-corrected chi connectivity index (χ0v) is 18.1. The van der Waals surface area contributed by atoms with Crippen molar-refractivity contribution in [3.8, 4) is 11.3 Å². The fourth-order valence-electron chi connectivity index (χ4n) is 4.04. The lowest BCUT2D eigenvalue weighted by molar-refractivity contribution is -0.116. The Balaban J connectivity index is 1.20. The number of carbonyl (C=O) groups excluding carboxylic acids is 3. The molecule has 0 fully saturated rings. The summed E-state index contributed by atoms with van der Waals surface area (Å²) < 4.78 is 1.97. The molecule has 0 atom stereocenters. The Kier molecular flexibility index (Phi) is 5.22. The summed E-state index contributed by atoms with van der Waals surface area (Å²) in [6, 6.07) is 18.4. The lowest BCUT2D eigenvalue weighted by Gasteiger charge is -2.13. The largest absolute Gasteiger partial charge is 0.326 e. The first kappa shape index (κ1) is 20.6. The van der Waals surface area contributed by atoms with Crippen LogP contribution in [0, 0.1) is 6.92 Å². The molecule has 33 heavy (non-hydrogen) atoms. The molecular weight excluding hydrogens is 416 g/mol. The number of anilines is 1. The molecule has 7 nitrogen and oxygen atoms in total. The molecule has 4 aromatic rings. The summed E-state index contributed by atoms with van der Waals surface area (Å²) in [6.07, 6.45) is 4.52. The fourth-order valence-corrected chi connectivity index (χ4v) is 4.04. The van der Waals surface area contributed by atoms with E-state index in [0.29, 0.717) is 23.2 Å². The highest BCUT2D eigenvalue weighted by atomic mass is 16.2. The Morgan fingerprint density at radius 2 is 1.73 bits per heavy atom. The average molecular weight is 438 g/mol. The van der Waals surface area contributed by atoms with Gasteiger partial charge in [-0.05, 0) is 55.3 Å². The number of imidazole rings is 1. The topological polar surface area (TPSA) is 83.8 Å². The Morgan fingerprint density at radius 1 is 0.970 bits per heavy atom. The smallest absolute Gasteiger partial charge is 0.261 e. The van der Waals surface area contributed by atoms with E-state index in [9.17, 15) is 14.4 Å². The summed E-state index contributed by atoms with van der Waals surface area (Å²) in [4.78, 5) is 43.2. The lowest BCUT2D eigenvalue weighted by Crippen LogP contribution is -2.31. The van der Waals surface area contributed by atoms with Gasteiger partial charge in [0.15, 0.2) is 0 Å². The van der Waals surface area contributed by atoms with Gasteiger partial charge in [0.1, 0.15) is 5.65 Å². The van der Waals surface area contributed by atoms with Gasteiger partial charge < -0.3 is 9.72 Å². The maximum absolute atomic E-state index is 12.5. The second-order valence-corrected chi connectivity index (χ2v) is 8.14. The number of nitrogens with zero attached hydrogens (tertiary/aromatic N) is 3. The van der Waals surface area contributed by atoms with E-state index in [1.54, 1.807) is 24.3 Å². The van der Waals surface area contributed by atoms with Crippen LogP contribution in [0.2, 0.25) is 0 Å². The molecule has 164 valence electrons. The molecule has 0 saturated carbocycles. The third-order valence-electron chi connectivity index (χ3n) is 5.72. The second kappa shape index (κ2) is 8.35. The quantitative estimate of drug-likeness (QED) is 0.454. The summed E-state index contributed by atoms with van der Waals surface area (Å²) in [5.74, 6) is -0.771. The van der Waals surface area contributed by atoms with Gasteiger partial charge in [-0.15, -0.1) is 0 Å². The van der Waals surface area contributed by atoms with Crippen molar-refractivity contribution in [2.45, 2.75) is 19.8 Å². The molecule has 3 amide bonds. The van der Waals surface area contributed by atoms with E-state index in [1.807, 2.05) is 60.1 Å². The van der Waals surface area contributed by atoms with Crippen LogP contribution in [0.4, 0.5) is 5.69 Å². The van der Waals surface area contributed by atoms with E-state index in [1.165, 1.54) is 4.90 Å². The van der Waals surface area contributed by atoms with Crippen LogP contribution < -0.4 is 5.32 Å². The SMILES string of the molecule is Cc1ccn2cc(-c3cccc(NC(=O)CCCN4C(=O)c5ccccc5C4=O)c3)nc2c1. The van der Waals surface area contributed by atoms with Crippen molar-refractivity contribution in [3.05, 3.63) is 89.7 Å². The molecule has 2 aromatic heterocycles. The molecule has 5 rings (SSSR count). The predicted octanol–water partition coefficient (Wildman–Crippen LogP) is 4.32.